The summed E-state index contributed by atoms with van der Waals surface area (Å²) in [7, 11) is 0. The van der Waals surface area contributed by atoms with Crippen LogP contribution < -0.4 is 15.0 Å². The van der Waals surface area contributed by atoms with Crippen molar-refractivity contribution >= 4 is 52.4 Å². The molecule has 0 fully saturated rings. The van der Waals surface area contributed by atoms with E-state index in [1.807, 2.05) is 26.0 Å². The summed E-state index contributed by atoms with van der Waals surface area (Å²) in [4.78, 5) is 39.1. The van der Waals surface area contributed by atoms with Gasteiger partial charge < -0.3 is 10.1 Å². The molecule has 0 atom stereocenters. The Balaban J connectivity index is 1.47. The number of imide groups is 1. The van der Waals surface area contributed by atoms with Gasteiger partial charge in [-0.1, -0.05) is 42.3 Å². The van der Waals surface area contributed by atoms with Gasteiger partial charge in [-0.2, -0.15) is 0 Å². The van der Waals surface area contributed by atoms with Gasteiger partial charge in [0.05, 0.1) is 11.3 Å². The first-order chi connectivity index (χ1) is 16.3. The number of esters is 1. The van der Waals surface area contributed by atoms with Crippen molar-refractivity contribution in [1.29, 1.82) is 0 Å². The highest BCUT2D eigenvalue weighted by molar-refractivity contribution is 6.53. The third-order valence-corrected chi connectivity index (χ3v) is 6.13. The fourth-order valence-electron chi connectivity index (χ4n) is 3.41. The Morgan fingerprint density at radius 2 is 1.62 bits per heavy atom. The number of amides is 2. The number of anilines is 2. The lowest BCUT2D eigenvalue weighted by molar-refractivity contribution is -0.120. The second-order valence-corrected chi connectivity index (χ2v) is 8.44. The molecule has 1 aliphatic rings. The molecule has 8 heteroatoms. The van der Waals surface area contributed by atoms with Gasteiger partial charge in [0, 0.05) is 10.7 Å². The smallest absolute Gasteiger partial charge is 0.343 e. The van der Waals surface area contributed by atoms with Crippen molar-refractivity contribution < 1.29 is 19.1 Å². The van der Waals surface area contributed by atoms with Crippen molar-refractivity contribution in [1.82, 2.24) is 0 Å². The molecule has 0 saturated carbocycles. The van der Waals surface area contributed by atoms with Crippen LogP contribution in [-0.4, -0.2) is 17.8 Å². The molecule has 3 aromatic carbocycles. The average molecular weight is 495 g/mol. The summed E-state index contributed by atoms with van der Waals surface area (Å²) in [5.41, 5.74) is 3.09. The molecule has 0 aromatic heterocycles. The van der Waals surface area contributed by atoms with E-state index < -0.39 is 17.8 Å². The number of rotatable bonds is 6. The Labute approximate surface area is 206 Å². The number of carbonyl (C=O) groups is 3. The van der Waals surface area contributed by atoms with Crippen molar-refractivity contribution in [2.75, 3.05) is 10.2 Å². The number of carbonyl (C=O) groups excluding carboxylic acids is 3. The predicted octanol–water partition coefficient (Wildman–Crippen LogP) is 5.87. The monoisotopic (exact) mass is 494 g/mol. The minimum Gasteiger partial charge on any atom is -0.423 e. The number of nitrogens with zero attached hydrogens (tertiary/aromatic N) is 1. The fraction of sp³-hybridized carbons (Fsp3) is 0.115. The van der Waals surface area contributed by atoms with Gasteiger partial charge in [-0.15, -0.1) is 0 Å². The van der Waals surface area contributed by atoms with Crippen LogP contribution in [-0.2, 0) is 16.0 Å². The third-order valence-electron chi connectivity index (χ3n) is 5.36. The summed E-state index contributed by atoms with van der Waals surface area (Å²) in [6, 6.07) is 18.4. The molecule has 2 amide bonds. The third kappa shape index (κ3) is 4.69. The van der Waals surface area contributed by atoms with E-state index in [2.05, 4.69) is 5.32 Å². The van der Waals surface area contributed by atoms with Crippen LogP contribution in [0.2, 0.25) is 5.02 Å². The summed E-state index contributed by atoms with van der Waals surface area (Å²) >= 11 is 12.2. The van der Waals surface area contributed by atoms with E-state index in [1.165, 1.54) is 0 Å². The normalized spacial score (nSPS) is 13.5. The molecule has 1 heterocycles. The summed E-state index contributed by atoms with van der Waals surface area (Å²) in [6.07, 6.45) is 0.844. The van der Waals surface area contributed by atoms with E-state index in [4.69, 9.17) is 27.9 Å². The first kappa shape index (κ1) is 23.5. The number of hydrogen-bond acceptors (Lipinski definition) is 5. The van der Waals surface area contributed by atoms with Crippen LogP contribution in [0.15, 0.2) is 77.5 Å². The summed E-state index contributed by atoms with van der Waals surface area (Å²) in [5, 5.41) is 3.27. The van der Waals surface area contributed by atoms with Crippen LogP contribution >= 0.6 is 23.2 Å². The fourth-order valence-corrected chi connectivity index (χ4v) is 3.74. The summed E-state index contributed by atoms with van der Waals surface area (Å²) < 4.78 is 5.38. The van der Waals surface area contributed by atoms with Gasteiger partial charge in [-0.25, -0.2) is 9.69 Å². The van der Waals surface area contributed by atoms with E-state index >= 15 is 0 Å². The van der Waals surface area contributed by atoms with Crippen LogP contribution in [0, 0.1) is 6.92 Å². The molecule has 0 unspecified atom stereocenters. The van der Waals surface area contributed by atoms with Crippen LogP contribution in [0.1, 0.15) is 28.4 Å². The Kier molecular flexibility index (Phi) is 6.72. The lowest BCUT2D eigenvalue weighted by atomic mass is 10.1. The number of ether oxygens (including phenoxy) is 1. The summed E-state index contributed by atoms with van der Waals surface area (Å²) in [6.45, 7) is 3.83. The zero-order valence-electron chi connectivity index (χ0n) is 18.4. The van der Waals surface area contributed by atoms with Gasteiger partial charge in [-0.05, 0) is 79.1 Å². The van der Waals surface area contributed by atoms with Gasteiger partial charge in [0.15, 0.2) is 0 Å². The zero-order chi connectivity index (χ0) is 24.4. The maximum Gasteiger partial charge on any atom is 0.343 e. The molecule has 1 N–H and O–H groups in total. The Hall–Kier alpha value is -3.61. The topological polar surface area (TPSA) is 75.7 Å². The number of nitrogens with one attached hydrogen (secondary N) is 1. The number of hydrogen-bond donors (Lipinski definition) is 1. The number of halogens is 2. The Bertz CT molecular complexity index is 1320. The molecule has 1 aliphatic heterocycles. The maximum absolute atomic E-state index is 12.9. The highest BCUT2D eigenvalue weighted by atomic mass is 35.5. The van der Waals surface area contributed by atoms with Gasteiger partial charge in [-0.3, -0.25) is 9.59 Å². The molecule has 3 aromatic rings. The van der Waals surface area contributed by atoms with Crippen molar-refractivity contribution in [3.63, 3.8) is 0 Å². The predicted molar refractivity (Wildman–Crippen MR) is 132 cm³/mol. The molecule has 0 spiro atoms. The van der Waals surface area contributed by atoms with Crippen molar-refractivity contribution in [3.05, 3.63) is 99.2 Å². The van der Waals surface area contributed by atoms with E-state index in [-0.39, 0.29) is 10.7 Å². The van der Waals surface area contributed by atoms with E-state index in [9.17, 15) is 14.4 Å². The van der Waals surface area contributed by atoms with Crippen LogP contribution in [0.5, 0.6) is 5.75 Å². The first-order valence-electron chi connectivity index (χ1n) is 10.5. The zero-order valence-corrected chi connectivity index (χ0v) is 19.9. The largest absolute Gasteiger partial charge is 0.423 e. The molecule has 4 rings (SSSR count). The van der Waals surface area contributed by atoms with Crippen molar-refractivity contribution in [2.45, 2.75) is 20.3 Å². The van der Waals surface area contributed by atoms with E-state index in [0.717, 1.165) is 22.4 Å². The molecular weight excluding hydrogens is 475 g/mol. The van der Waals surface area contributed by atoms with Gasteiger partial charge >= 0.3 is 5.97 Å². The molecule has 0 radical (unpaired) electrons. The van der Waals surface area contributed by atoms with Crippen LogP contribution in [0.3, 0.4) is 0 Å². The van der Waals surface area contributed by atoms with Crippen LogP contribution in [0.4, 0.5) is 11.4 Å². The Morgan fingerprint density at radius 3 is 2.24 bits per heavy atom. The molecule has 0 aliphatic carbocycles. The van der Waals surface area contributed by atoms with Crippen molar-refractivity contribution in [2.24, 2.45) is 0 Å². The highest BCUT2D eigenvalue weighted by Gasteiger charge is 2.38. The minimum atomic E-state index is -0.600. The van der Waals surface area contributed by atoms with E-state index in [1.54, 1.807) is 54.6 Å². The second kappa shape index (κ2) is 9.71. The molecule has 172 valence electrons. The minimum absolute atomic E-state index is 0.0294. The van der Waals surface area contributed by atoms with Gasteiger partial charge in [0.1, 0.15) is 16.5 Å². The summed E-state index contributed by atoms with van der Waals surface area (Å²) in [5.74, 6) is -1.31. The molecular formula is C26H20Cl2N2O4. The lowest BCUT2D eigenvalue weighted by Gasteiger charge is -2.15. The highest BCUT2D eigenvalue weighted by Crippen LogP contribution is 2.30. The van der Waals surface area contributed by atoms with Crippen molar-refractivity contribution in [3.8, 4) is 5.75 Å². The SMILES string of the molecule is CCc1ccc(N2C(=O)C(Cl)=C(Nc3ccc(C(=O)Oc4ccc(Cl)c(C)c4)cc3)C2=O)cc1. The standard InChI is InChI=1S/C26H20Cl2N2O4/c1-3-16-4-10-19(11-5-16)30-24(31)22(28)23(25(30)32)29-18-8-6-17(7-9-18)26(33)34-20-12-13-21(27)15(2)14-20/h4-14,29H,3H2,1-2H3. The molecule has 6 nitrogen and oxygen atoms in total. The van der Waals surface area contributed by atoms with Gasteiger partial charge in [0.2, 0.25) is 0 Å². The Morgan fingerprint density at radius 1 is 0.941 bits per heavy atom. The molecule has 0 bridgehead atoms. The van der Waals surface area contributed by atoms with E-state index in [0.29, 0.717) is 27.7 Å². The molecule has 34 heavy (non-hydrogen) atoms. The second-order valence-electron chi connectivity index (χ2n) is 7.66. The lowest BCUT2D eigenvalue weighted by Crippen LogP contribution is -2.32. The van der Waals surface area contributed by atoms with Gasteiger partial charge in [0.25, 0.3) is 11.8 Å². The maximum atomic E-state index is 12.9. The number of aryl methyl sites for hydroxylation is 2. The van der Waals surface area contributed by atoms with Crippen LogP contribution in [0.25, 0.3) is 0 Å². The number of benzene rings is 3. The average Bonchev–Trinajstić information content (AvgIpc) is 3.05. The molecule has 0 saturated heterocycles. The quantitative estimate of drug-likeness (QED) is 0.263. The first-order valence-corrected chi connectivity index (χ1v) is 11.3.